The van der Waals surface area contributed by atoms with Crippen molar-refractivity contribution in [2.75, 3.05) is 11.4 Å². The minimum Gasteiger partial charge on any atom is -0.449 e. The van der Waals surface area contributed by atoms with Crippen molar-refractivity contribution in [3.05, 3.63) is 40.8 Å². The molecule has 26 heavy (non-hydrogen) atoms. The molecule has 136 valence electrons. The average molecular weight is 353 g/mol. The van der Waals surface area contributed by atoms with Crippen molar-refractivity contribution >= 4 is 24.7 Å². The molecule has 4 rings (SSSR count). The zero-order valence-corrected chi connectivity index (χ0v) is 15.5. The Labute approximate surface area is 153 Å². The third kappa shape index (κ3) is 2.58. The first kappa shape index (κ1) is 17.3. The summed E-state index contributed by atoms with van der Waals surface area (Å²) >= 11 is 0. The van der Waals surface area contributed by atoms with Crippen molar-refractivity contribution in [1.29, 1.82) is 0 Å². The summed E-state index contributed by atoms with van der Waals surface area (Å²) in [6, 6.07) is 3.70. The molecule has 3 heterocycles. The highest BCUT2D eigenvalue weighted by Crippen LogP contribution is 2.39. The van der Waals surface area contributed by atoms with Crippen LogP contribution in [0.25, 0.3) is 0 Å². The topological polar surface area (TPSA) is 78.6 Å². The Morgan fingerprint density at radius 3 is 2.77 bits per heavy atom. The van der Waals surface area contributed by atoms with Gasteiger partial charge in [-0.1, -0.05) is 13.8 Å². The highest BCUT2D eigenvalue weighted by atomic mass is 16.3. The molecule has 0 unspecified atom stereocenters. The summed E-state index contributed by atoms with van der Waals surface area (Å²) in [5, 5.41) is 19.8. The van der Waals surface area contributed by atoms with Gasteiger partial charge in [0, 0.05) is 30.5 Å². The monoisotopic (exact) mass is 353 g/mol. The van der Waals surface area contributed by atoms with Gasteiger partial charge in [-0.2, -0.15) is 0 Å². The van der Waals surface area contributed by atoms with Crippen LogP contribution in [0.2, 0.25) is 0 Å². The summed E-state index contributed by atoms with van der Waals surface area (Å²) in [5.74, 6) is 0.359. The molecule has 2 aromatic heterocycles. The first-order valence-corrected chi connectivity index (χ1v) is 9.12. The molecule has 1 amide bonds. The summed E-state index contributed by atoms with van der Waals surface area (Å²) in [6.45, 7) is 7.38. The molecule has 0 saturated heterocycles. The van der Waals surface area contributed by atoms with E-state index in [2.05, 4.69) is 23.4 Å². The smallest absolute Gasteiger partial charge is 0.305 e. The molecular weight excluding hydrogens is 329 g/mol. The fourth-order valence-corrected chi connectivity index (χ4v) is 4.42. The Kier molecular flexibility index (Phi) is 3.97. The third-order valence-electron chi connectivity index (χ3n) is 5.53. The van der Waals surface area contributed by atoms with E-state index >= 15 is 0 Å². The van der Waals surface area contributed by atoms with Crippen molar-refractivity contribution < 1.29 is 14.9 Å². The second-order valence-electron chi connectivity index (χ2n) is 8.17. The van der Waals surface area contributed by atoms with E-state index in [4.69, 9.17) is 0 Å². The van der Waals surface area contributed by atoms with Crippen LogP contribution in [0.4, 0.5) is 5.82 Å². The molecule has 1 aliphatic heterocycles. The highest BCUT2D eigenvalue weighted by Gasteiger charge is 2.37. The van der Waals surface area contributed by atoms with Gasteiger partial charge in [0.05, 0.1) is 6.10 Å². The Bertz CT molecular complexity index is 888. The molecule has 2 aromatic rings. The van der Waals surface area contributed by atoms with Gasteiger partial charge in [0.15, 0.2) is 0 Å². The predicted molar refractivity (Wildman–Crippen MR) is 101 cm³/mol. The number of rotatable bonds is 3. The Balaban J connectivity index is 1.74. The number of nitrogens with zero attached hydrogens (tertiary/aromatic N) is 3. The molecule has 1 aliphatic carbocycles. The number of hydrogen-bond donors (Lipinski definition) is 2. The summed E-state index contributed by atoms with van der Waals surface area (Å²) in [7, 11) is -0.197. The number of carbonyl (C=O) groups is 1. The molecule has 0 radical (unpaired) electrons. The molecule has 2 aliphatic rings. The van der Waals surface area contributed by atoms with Gasteiger partial charge in [-0.15, -0.1) is 0 Å². The van der Waals surface area contributed by atoms with Gasteiger partial charge >= 0.3 is 7.48 Å². The Morgan fingerprint density at radius 2 is 2.08 bits per heavy atom. The van der Waals surface area contributed by atoms with Crippen LogP contribution in [-0.2, 0) is 19.4 Å². The Hall–Kier alpha value is -2.12. The zero-order chi connectivity index (χ0) is 18.6. The predicted octanol–water partition coefficient (Wildman–Crippen LogP) is 0.691. The van der Waals surface area contributed by atoms with Gasteiger partial charge in [-0.05, 0) is 48.3 Å². The van der Waals surface area contributed by atoms with Gasteiger partial charge in [0.25, 0.3) is 5.91 Å². The molecular formula is C19H24BN3O3. The lowest BCUT2D eigenvalue weighted by atomic mass is 9.83. The molecule has 0 saturated carbocycles. The van der Waals surface area contributed by atoms with Crippen LogP contribution in [0.15, 0.2) is 18.3 Å². The first-order valence-electron chi connectivity index (χ1n) is 9.12. The molecule has 6 nitrogen and oxygen atoms in total. The number of aliphatic hydroxyl groups excluding tert-OH is 1. The summed E-state index contributed by atoms with van der Waals surface area (Å²) in [6.07, 6.45) is 2.75. The van der Waals surface area contributed by atoms with E-state index in [1.807, 2.05) is 6.07 Å². The standard InChI is InChI=1S/C19H24BN3O3/c1-11(24)16-13(20-26)4-5-21-17(16)23-7-6-22-14(18(23)25)8-12-9-19(2,3)10-15(12)22/h4-5,8,11,20,24,26H,6-7,9-10H2,1-3H3/t11-/m0/s1. The van der Waals surface area contributed by atoms with E-state index in [0.717, 1.165) is 19.4 Å². The maximum atomic E-state index is 13.2. The fraction of sp³-hybridized carbons (Fsp3) is 0.474. The number of anilines is 1. The second-order valence-corrected chi connectivity index (χ2v) is 8.17. The van der Waals surface area contributed by atoms with E-state index in [9.17, 15) is 14.9 Å². The quantitative estimate of drug-likeness (QED) is 0.796. The molecule has 0 bridgehead atoms. The normalized spacial score (nSPS) is 19.3. The van der Waals surface area contributed by atoms with Crippen LogP contribution in [0, 0.1) is 5.41 Å². The molecule has 1 atom stereocenters. The van der Waals surface area contributed by atoms with Crippen LogP contribution < -0.4 is 10.4 Å². The maximum Gasteiger partial charge on any atom is 0.305 e. The SMILES string of the molecule is C[C@H](O)c1c(BO)ccnc1N1CCn2c(cc3c2CC(C)(C)C3)C1=O. The van der Waals surface area contributed by atoms with Crippen molar-refractivity contribution in [3.8, 4) is 0 Å². The lowest BCUT2D eigenvalue weighted by Crippen LogP contribution is -2.42. The van der Waals surface area contributed by atoms with Crippen molar-refractivity contribution in [2.24, 2.45) is 5.41 Å². The zero-order valence-electron chi connectivity index (χ0n) is 15.5. The number of hydrogen-bond acceptors (Lipinski definition) is 4. The van der Waals surface area contributed by atoms with Crippen molar-refractivity contribution in [3.63, 3.8) is 0 Å². The van der Waals surface area contributed by atoms with Crippen LogP contribution in [0.3, 0.4) is 0 Å². The van der Waals surface area contributed by atoms with Crippen LogP contribution >= 0.6 is 0 Å². The lowest BCUT2D eigenvalue weighted by molar-refractivity contribution is 0.0962. The van der Waals surface area contributed by atoms with Gasteiger partial charge in [-0.25, -0.2) is 4.98 Å². The summed E-state index contributed by atoms with van der Waals surface area (Å²) in [5.41, 5.74) is 4.63. The largest absolute Gasteiger partial charge is 0.449 e. The average Bonchev–Trinajstić information content (AvgIpc) is 3.07. The Morgan fingerprint density at radius 1 is 1.31 bits per heavy atom. The second kappa shape index (κ2) is 5.96. The minimum absolute atomic E-state index is 0.0899. The first-order chi connectivity index (χ1) is 12.3. The molecule has 0 aromatic carbocycles. The van der Waals surface area contributed by atoms with E-state index in [-0.39, 0.29) is 18.8 Å². The molecule has 0 fully saturated rings. The van der Waals surface area contributed by atoms with Gasteiger partial charge in [0.1, 0.15) is 11.5 Å². The van der Waals surface area contributed by atoms with Gasteiger partial charge in [-0.3, -0.25) is 9.69 Å². The van der Waals surface area contributed by atoms with Crippen molar-refractivity contribution in [2.45, 2.75) is 46.3 Å². The molecule has 2 N–H and O–H groups in total. The minimum atomic E-state index is -0.812. The number of aliphatic hydroxyl groups is 1. The molecule has 7 heteroatoms. The number of amides is 1. The van der Waals surface area contributed by atoms with Crippen LogP contribution in [0.5, 0.6) is 0 Å². The third-order valence-corrected chi connectivity index (χ3v) is 5.53. The number of fused-ring (bicyclic) bond motifs is 3. The number of pyridine rings is 1. The van der Waals surface area contributed by atoms with Crippen LogP contribution in [0.1, 0.15) is 54.2 Å². The van der Waals surface area contributed by atoms with E-state index in [0.29, 0.717) is 29.1 Å². The summed E-state index contributed by atoms with van der Waals surface area (Å²) in [4.78, 5) is 19.2. The van der Waals surface area contributed by atoms with Gasteiger partial charge in [0.2, 0.25) is 0 Å². The van der Waals surface area contributed by atoms with Gasteiger partial charge < -0.3 is 14.7 Å². The van der Waals surface area contributed by atoms with E-state index in [1.165, 1.54) is 11.3 Å². The lowest BCUT2D eigenvalue weighted by Gasteiger charge is -2.31. The highest BCUT2D eigenvalue weighted by molar-refractivity contribution is 6.46. The molecule has 0 spiro atoms. The van der Waals surface area contributed by atoms with E-state index in [1.54, 1.807) is 24.1 Å². The summed E-state index contributed by atoms with van der Waals surface area (Å²) < 4.78 is 2.15. The van der Waals surface area contributed by atoms with E-state index < -0.39 is 6.10 Å². The fourth-order valence-electron chi connectivity index (χ4n) is 4.42. The number of aromatic nitrogens is 2. The van der Waals surface area contributed by atoms with Crippen LogP contribution in [-0.4, -0.2) is 39.6 Å². The number of carbonyl (C=O) groups excluding carboxylic acids is 1. The maximum absolute atomic E-state index is 13.2. The van der Waals surface area contributed by atoms with Crippen molar-refractivity contribution in [1.82, 2.24) is 9.55 Å².